The molecule has 1 aliphatic rings. The Morgan fingerprint density at radius 2 is 1.67 bits per heavy atom. The van der Waals surface area contributed by atoms with Crippen molar-refractivity contribution in [3.05, 3.63) is 114 Å². The fraction of sp³-hybridized carbons (Fsp3) is 0.154. The zero-order valence-corrected chi connectivity index (χ0v) is 16.2. The van der Waals surface area contributed by atoms with Crippen LogP contribution < -0.4 is 5.32 Å². The van der Waals surface area contributed by atoms with E-state index in [1.165, 1.54) is 33.5 Å². The molecule has 0 amide bonds. The quantitative estimate of drug-likeness (QED) is 0.535. The second-order valence-corrected chi connectivity index (χ2v) is 6.76. The van der Waals surface area contributed by atoms with Gasteiger partial charge >= 0.3 is 0 Å². The maximum atomic E-state index is 3.85. The van der Waals surface area contributed by atoms with Gasteiger partial charge in [0.2, 0.25) is 0 Å². The van der Waals surface area contributed by atoms with E-state index < -0.39 is 0 Å². The van der Waals surface area contributed by atoms with Crippen molar-refractivity contribution in [3.8, 4) is 11.1 Å². The van der Waals surface area contributed by atoms with Gasteiger partial charge in [-0.25, -0.2) is 0 Å². The first kappa shape index (κ1) is 18.7. The van der Waals surface area contributed by atoms with Crippen molar-refractivity contribution < 1.29 is 0 Å². The van der Waals surface area contributed by atoms with E-state index in [1.807, 2.05) is 13.0 Å². The second kappa shape index (κ2) is 9.05. The van der Waals surface area contributed by atoms with Crippen molar-refractivity contribution in [2.24, 2.45) is 0 Å². The molecule has 0 radical (unpaired) electrons. The average molecular weight is 354 g/mol. The highest BCUT2D eigenvalue weighted by Crippen LogP contribution is 2.28. The van der Waals surface area contributed by atoms with Gasteiger partial charge in [0.15, 0.2) is 0 Å². The molecule has 0 atom stereocenters. The number of anilines is 1. The topological polar surface area (TPSA) is 12.0 Å². The van der Waals surface area contributed by atoms with Crippen LogP contribution in [0.2, 0.25) is 0 Å². The first-order valence-corrected chi connectivity index (χ1v) is 9.51. The van der Waals surface area contributed by atoms with Gasteiger partial charge in [-0.2, -0.15) is 0 Å². The average Bonchev–Trinajstić information content (AvgIpc) is 2.70. The van der Waals surface area contributed by atoms with Crippen molar-refractivity contribution in [3.63, 3.8) is 0 Å². The van der Waals surface area contributed by atoms with E-state index in [0.29, 0.717) is 0 Å². The van der Waals surface area contributed by atoms with Gasteiger partial charge in [-0.15, -0.1) is 0 Å². The number of hydrogen-bond acceptors (Lipinski definition) is 1. The van der Waals surface area contributed by atoms with Crippen LogP contribution in [-0.2, 0) is 0 Å². The molecular formula is C26H27N. The van der Waals surface area contributed by atoms with Crippen LogP contribution in [0.25, 0.3) is 11.1 Å². The predicted molar refractivity (Wildman–Crippen MR) is 119 cm³/mol. The SMILES string of the molecule is C=C/C=C(\C=C/C)C1=C(Nc2ccc(-c3ccc(C)cc3)cc2)CCC=C1. The van der Waals surface area contributed by atoms with Gasteiger partial charge < -0.3 is 5.32 Å². The van der Waals surface area contributed by atoms with Crippen molar-refractivity contribution in [1.82, 2.24) is 0 Å². The first-order valence-electron chi connectivity index (χ1n) is 9.51. The number of hydrogen-bond donors (Lipinski definition) is 1. The summed E-state index contributed by atoms with van der Waals surface area (Å²) in [5.74, 6) is 0. The minimum Gasteiger partial charge on any atom is -0.358 e. The van der Waals surface area contributed by atoms with Crippen LogP contribution in [0.4, 0.5) is 5.69 Å². The molecule has 1 nitrogen and oxygen atoms in total. The van der Waals surface area contributed by atoms with Crippen molar-refractivity contribution in [2.75, 3.05) is 5.32 Å². The third-order valence-electron chi connectivity index (χ3n) is 4.69. The molecule has 27 heavy (non-hydrogen) atoms. The number of allylic oxidation sites excluding steroid dienone is 9. The molecule has 2 aromatic carbocycles. The molecule has 0 bridgehead atoms. The smallest absolute Gasteiger partial charge is 0.0382 e. The van der Waals surface area contributed by atoms with E-state index in [4.69, 9.17) is 0 Å². The molecule has 0 saturated heterocycles. The van der Waals surface area contributed by atoms with Crippen molar-refractivity contribution in [1.29, 1.82) is 0 Å². The van der Waals surface area contributed by atoms with Crippen LogP contribution in [0.5, 0.6) is 0 Å². The van der Waals surface area contributed by atoms with Gasteiger partial charge in [-0.3, -0.25) is 0 Å². The highest BCUT2D eigenvalue weighted by atomic mass is 14.9. The Bertz CT molecular complexity index is 904. The standard InChI is InChI=1S/C26H27N/c1-4-8-23(9-5-2)25-10-6-7-11-26(25)27-24-18-16-22(17-19-24)21-14-12-20(3)13-15-21/h4-6,8-10,12-19,27H,1,7,11H2,2-3H3/b9-5-,23-8+. The Kier molecular flexibility index (Phi) is 6.27. The summed E-state index contributed by atoms with van der Waals surface area (Å²) >= 11 is 0. The fourth-order valence-corrected chi connectivity index (χ4v) is 3.27. The Labute approximate surface area is 163 Å². The molecule has 0 spiro atoms. The van der Waals surface area contributed by atoms with E-state index >= 15 is 0 Å². The van der Waals surface area contributed by atoms with E-state index in [2.05, 4.69) is 97.7 Å². The monoisotopic (exact) mass is 353 g/mol. The summed E-state index contributed by atoms with van der Waals surface area (Å²) in [6.07, 6.45) is 14.6. The molecule has 3 rings (SSSR count). The van der Waals surface area contributed by atoms with E-state index in [9.17, 15) is 0 Å². The van der Waals surface area contributed by atoms with Gasteiger partial charge in [-0.1, -0.05) is 85.0 Å². The largest absolute Gasteiger partial charge is 0.358 e. The Morgan fingerprint density at radius 3 is 2.30 bits per heavy atom. The number of rotatable bonds is 6. The van der Waals surface area contributed by atoms with E-state index in [0.717, 1.165) is 18.5 Å². The summed E-state index contributed by atoms with van der Waals surface area (Å²) in [7, 11) is 0. The van der Waals surface area contributed by atoms with Gasteiger partial charge in [0, 0.05) is 17.0 Å². The summed E-state index contributed by atoms with van der Waals surface area (Å²) in [6.45, 7) is 8.01. The molecule has 0 fully saturated rings. The molecule has 0 aliphatic heterocycles. The zero-order valence-electron chi connectivity index (χ0n) is 16.2. The van der Waals surface area contributed by atoms with Crippen LogP contribution in [0.1, 0.15) is 25.3 Å². The highest BCUT2D eigenvalue weighted by molar-refractivity contribution is 5.67. The van der Waals surface area contributed by atoms with Crippen LogP contribution in [0.15, 0.2) is 108 Å². The highest BCUT2D eigenvalue weighted by Gasteiger charge is 2.11. The molecule has 0 saturated carbocycles. The normalized spacial score (nSPS) is 14.7. The zero-order chi connectivity index (χ0) is 19.1. The third-order valence-corrected chi connectivity index (χ3v) is 4.69. The second-order valence-electron chi connectivity index (χ2n) is 6.76. The van der Waals surface area contributed by atoms with Crippen molar-refractivity contribution >= 4 is 5.69 Å². The molecule has 0 aromatic heterocycles. The van der Waals surface area contributed by atoms with Crippen LogP contribution in [0, 0.1) is 6.92 Å². The predicted octanol–water partition coefficient (Wildman–Crippen LogP) is 7.37. The summed E-state index contributed by atoms with van der Waals surface area (Å²) in [5.41, 5.74) is 8.56. The number of nitrogens with one attached hydrogen (secondary N) is 1. The Balaban J connectivity index is 1.86. The molecule has 0 unspecified atom stereocenters. The lowest BCUT2D eigenvalue weighted by atomic mass is 9.95. The van der Waals surface area contributed by atoms with Crippen LogP contribution in [0.3, 0.4) is 0 Å². The maximum Gasteiger partial charge on any atom is 0.0382 e. The van der Waals surface area contributed by atoms with Crippen LogP contribution in [-0.4, -0.2) is 0 Å². The summed E-state index contributed by atoms with van der Waals surface area (Å²) < 4.78 is 0. The Morgan fingerprint density at radius 1 is 1.00 bits per heavy atom. The van der Waals surface area contributed by atoms with Gasteiger partial charge in [0.1, 0.15) is 0 Å². The summed E-state index contributed by atoms with van der Waals surface area (Å²) in [4.78, 5) is 0. The third kappa shape index (κ3) is 4.77. The van der Waals surface area contributed by atoms with E-state index in [1.54, 1.807) is 0 Å². The number of benzene rings is 2. The minimum absolute atomic E-state index is 1.01. The summed E-state index contributed by atoms with van der Waals surface area (Å²) in [5, 5.41) is 3.64. The maximum absolute atomic E-state index is 3.85. The molecule has 1 N–H and O–H groups in total. The minimum atomic E-state index is 1.01. The molecular weight excluding hydrogens is 326 g/mol. The number of aryl methyl sites for hydroxylation is 1. The molecule has 1 heteroatoms. The Hall–Kier alpha value is -3.06. The molecule has 2 aromatic rings. The molecule has 0 heterocycles. The van der Waals surface area contributed by atoms with Gasteiger partial charge in [-0.05, 0) is 55.5 Å². The van der Waals surface area contributed by atoms with Crippen molar-refractivity contribution in [2.45, 2.75) is 26.7 Å². The lowest BCUT2D eigenvalue weighted by molar-refractivity contribution is 0.950. The molecule has 136 valence electrons. The lowest BCUT2D eigenvalue weighted by Crippen LogP contribution is -2.06. The molecule has 1 aliphatic carbocycles. The van der Waals surface area contributed by atoms with Gasteiger partial charge in [0.05, 0.1) is 0 Å². The lowest BCUT2D eigenvalue weighted by Gasteiger charge is -2.19. The van der Waals surface area contributed by atoms with Crippen LogP contribution >= 0.6 is 0 Å². The van der Waals surface area contributed by atoms with E-state index in [-0.39, 0.29) is 0 Å². The van der Waals surface area contributed by atoms with Gasteiger partial charge in [0.25, 0.3) is 0 Å². The fourth-order valence-electron chi connectivity index (χ4n) is 3.27. The first-order chi connectivity index (χ1) is 13.2. The summed E-state index contributed by atoms with van der Waals surface area (Å²) in [6, 6.07) is 17.3.